The van der Waals surface area contributed by atoms with E-state index in [1.807, 2.05) is 12.1 Å². The Morgan fingerprint density at radius 2 is 0.810 bits per heavy atom. The number of anilines is 3. The van der Waals surface area contributed by atoms with Crippen LogP contribution in [0.15, 0.2) is 205 Å². The van der Waals surface area contributed by atoms with E-state index in [1.54, 1.807) is 0 Å². The van der Waals surface area contributed by atoms with Gasteiger partial charge in [-0.05, 0) is 89.0 Å². The summed E-state index contributed by atoms with van der Waals surface area (Å²) in [5.74, 6) is 0. The number of aromatic nitrogens is 2. The fourth-order valence-corrected chi connectivity index (χ4v) is 9.63. The van der Waals surface area contributed by atoms with Crippen molar-refractivity contribution in [3.63, 3.8) is 0 Å². The number of para-hydroxylation sites is 3. The van der Waals surface area contributed by atoms with Gasteiger partial charge >= 0.3 is 0 Å². The first kappa shape index (κ1) is 31.4. The molecule has 0 saturated carbocycles. The van der Waals surface area contributed by atoms with Crippen molar-refractivity contribution in [2.75, 3.05) is 4.90 Å². The first-order valence-corrected chi connectivity index (χ1v) is 19.8. The van der Waals surface area contributed by atoms with Gasteiger partial charge in [0.1, 0.15) is 11.2 Å². The quantitative estimate of drug-likeness (QED) is 0.164. The van der Waals surface area contributed by atoms with Gasteiger partial charge in [-0.25, -0.2) is 0 Å². The zero-order chi connectivity index (χ0) is 37.9. The summed E-state index contributed by atoms with van der Waals surface area (Å²) in [6.45, 7) is 0. The van der Waals surface area contributed by atoms with Crippen LogP contribution in [-0.4, -0.2) is 8.80 Å². The molecule has 270 valence electrons. The van der Waals surface area contributed by atoms with Crippen molar-refractivity contribution >= 4 is 93.6 Å². The molecule has 0 aliphatic heterocycles. The molecule has 9 aromatic carbocycles. The Morgan fingerprint density at radius 1 is 0.293 bits per heavy atom. The maximum atomic E-state index is 6.48. The Balaban J connectivity index is 1.06. The molecule has 0 aliphatic rings. The number of furan rings is 1. The predicted octanol–water partition coefficient (Wildman–Crippen LogP) is 14.9. The second-order valence-electron chi connectivity index (χ2n) is 15.3. The average Bonchev–Trinajstić information content (AvgIpc) is 3.95. The summed E-state index contributed by atoms with van der Waals surface area (Å²) in [5, 5.41) is 7.30. The van der Waals surface area contributed by atoms with Crippen molar-refractivity contribution in [3.05, 3.63) is 200 Å². The van der Waals surface area contributed by atoms with Crippen LogP contribution in [0.1, 0.15) is 0 Å². The first-order chi connectivity index (χ1) is 28.8. The van der Waals surface area contributed by atoms with E-state index in [1.165, 1.54) is 65.9 Å². The molecular formula is C54H33N3O. The molecule has 0 bridgehead atoms. The zero-order valence-electron chi connectivity index (χ0n) is 31.3. The number of fused-ring (bicyclic) bond motifs is 12. The molecule has 0 radical (unpaired) electrons. The summed E-state index contributed by atoms with van der Waals surface area (Å²) < 4.78 is 11.5. The van der Waals surface area contributed by atoms with Crippen molar-refractivity contribution in [2.24, 2.45) is 0 Å². The maximum absolute atomic E-state index is 6.48. The fraction of sp³-hybridized carbons (Fsp3) is 0. The third-order valence-electron chi connectivity index (χ3n) is 12.2. The molecule has 0 saturated heterocycles. The van der Waals surface area contributed by atoms with Gasteiger partial charge < -0.3 is 18.1 Å². The molecule has 58 heavy (non-hydrogen) atoms. The van der Waals surface area contributed by atoms with Crippen LogP contribution in [0.3, 0.4) is 0 Å². The van der Waals surface area contributed by atoms with Gasteiger partial charge in [-0.2, -0.15) is 0 Å². The number of hydrogen-bond acceptors (Lipinski definition) is 2. The van der Waals surface area contributed by atoms with Gasteiger partial charge in [0, 0.05) is 55.4 Å². The Morgan fingerprint density at radius 3 is 1.53 bits per heavy atom. The monoisotopic (exact) mass is 739 g/mol. The molecule has 0 aliphatic carbocycles. The van der Waals surface area contributed by atoms with Crippen molar-refractivity contribution < 1.29 is 4.42 Å². The van der Waals surface area contributed by atoms with Crippen molar-refractivity contribution in [1.82, 2.24) is 8.80 Å². The summed E-state index contributed by atoms with van der Waals surface area (Å²) in [7, 11) is 0. The average molecular weight is 740 g/mol. The van der Waals surface area contributed by atoms with E-state index in [9.17, 15) is 0 Å². The van der Waals surface area contributed by atoms with Gasteiger partial charge in [0.05, 0.1) is 33.1 Å². The highest BCUT2D eigenvalue weighted by Crippen LogP contribution is 2.45. The molecule has 4 aromatic heterocycles. The van der Waals surface area contributed by atoms with Crippen LogP contribution in [0.5, 0.6) is 0 Å². The second-order valence-corrected chi connectivity index (χ2v) is 15.3. The van der Waals surface area contributed by atoms with Crippen molar-refractivity contribution in [2.45, 2.75) is 0 Å². The lowest BCUT2D eigenvalue weighted by Gasteiger charge is -2.26. The van der Waals surface area contributed by atoms with Crippen LogP contribution in [0.2, 0.25) is 0 Å². The number of nitrogens with zero attached hydrogens (tertiary/aromatic N) is 3. The summed E-state index contributed by atoms with van der Waals surface area (Å²) >= 11 is 0. The largest absolute Gasteiger partial charge is 0.456 e. The Bertz CT molecular complexity index is 3740. The lowest BCUT2D eigenvalue weighted by atomic mass is 9.99. The molecule has 13 rings (SSSR count). The summed E-state index contributed by atoms with van der Waals surface area (Å²) in [5.41, 5.74) is 16.9. The van der Waals surface area contributed by atoms with E-state index >= 15 is 0 Å². The molecule has 4 nitrogen and oxygen atoms in total. The third kappa shape index (κ3) is 4.40. The van der Waals surface area contributed by atoms with E-state index in [0.29, 0.717) is 0 Å². The van der Waals surface area contributed by atoms with Crippen LogP contribution >= 0.6 is 0 Å². The molecule has 0 spiro atoms. The van der Waals surface area contributed by atoms with Crippen LogP contribution in [0.4, 0.5) is 17.1 Å². The summed E-state index contributed by atoms with van der Waals surface area (Å²) in [6.07, 6.45) is 0. The van der Waals surface area contributed by atoms with Gasteiger partial charge in [-0.1, -0.05) is 127 Å². The predicted molar refractivity (Wildman–Crippen MR) is 242 cm³/mol. The molecule has 0 fully saturated rings. The van der Waals surface area contributed by atoms with E-state index in [4.69, 9.17) is 4.42 Å². The fourth-order valence-electron chi connectivity index (χ4n) is 9.63. The highest BCUT2D eigenvalue weighted by molar-refractivity contribution is 6.25. The lowest BCUT2D eigenvalue weighted by Crippen LogP contribution is -2.10. The topological polar surface area (TPSA) is 25.2 Å². The zero-order valence-corrected chi connectivity index (χ0v) is 31.3. The smallest absolute Gasteiger partial charge is 0.137 e. The third-order valence-corrected chi connectivity index (χ3v) is 12.2. The molecule has 0 unspecified atom stereocenters. The van der Waals surface area contributed by atoms with Crippen LogP contribution < -0.4 is 4.90 Å². The summed E-state index contributed by atoms with van der Waals surface area (Å²) in [4.78, 5) is 2.36. The lowest BCUT2D eigenvalue weighted by molar-refractivity contribution is 0.669. The van der Waals surface area contributed by atoms with E-state index < -0.39 is 0 Å². The molecular weight excluding hydrogens is 707 g/mol. The maximum Gasteiger partial charge on any atom is 0.137 e. The van der Waals surface area contributed by atoms with E-state index in [2.05, 4.69) is 202 Å². The SMILES string of the molecule is c1ccc(-c2cccc(-c3ccc(N(c4ccc5c(c4)oc4ccccc45)c4ccc5c(c4)n4c6ccccc6c6ccc7c8ccccc8n5c7c64)cc3)c2)cc1. The molecule has 4 heteroatoms. The van der Waals surface area contributed by atoms with Gasteiger partial charge in [0.15, 0.2) is 0 Å². The van der Waals surface area contributed by atoms with Crippen LogP contribution in [-0.2, 0) is 0 Å². The second kappa shape index (κ2) is 11.8. The first-order valence-electron chi connectivity index (χ1n) is 19.8. The Hall–Kier alpha value is -7.82. The minimum atomic E-state index is 0.865. The van der Waals surface area contributed by atoms with Gasteiger partial charge in [-0.15, -0.1) is 0 Å². The number of benzene rings is 9. The van der Waals surface area contributed by atoms with E-state index in [-0.39, 0.29) is 0 Å². The van der Waals surface area contributed by atoms with Crippen LogP contribution in [0, 0.1) is 0 Å². The van der Waals surface area contributed by atoms with Crippen LogP contribution in [0.25, 0.3) is 98.8 Å². The highest BCUT2D eigenvalue weighted by atomic mass is 16.3. The number of hydrogen-bond donors (Lipinski definition) is 0. The molecule has 4 heterocycles. The van der Waals surface area contributed by atoms with Gasteiger partial charge in [0.25, 0.3) is 0 Å². The van der Waals surface area contributed by atoms with E-state index in [0.717, 1.165) is 50.0 Å². The van der Waals surface area contributed by atoms with Gasteiger partial charge in [0.2, 0.25) is 0 Å². The van der Waals surface area contributed by atoms with Gasteiger partial charge in [-0.3, -0.25) is 0 Å². The minimum Gasteiger partial charge on any atom is -0.456 e. The Labute approximate surface area is 333 Å². The standard InChI is InChI=1S/C54H33N3O/c1-2-11-34(12-3-1)36-13-10-14-37(31-36)35-21-23-38(24-22-35)55(40-25-27-44-43-17-6-9-20-51(43)58-52(44)33-40)39-26-30-49-50(32-39)57-48-19-8-5-16-42(48)46-29-28-45-41-15-4-7-18-47(41)56(49)53(45)54(46)57/h1-33H. The molecule has 0 amide bonds. The minimum absolute atomic E-state index is 0.865. The summed E-state index contributed by atoms with van der Waals surface area (Å²) in [6, 6.07) is 72.5. The Kier molecular flexibility index (Phi) is 6.41. The molecule has 13 aromatic rings. The molecule has 0 atom stereocenters. The van der Waals surface area contributed by atoms with Crippen molar-refractivity contribution in [1.29, 1.82) is 0 Å². The van der Waals surface area contributed by atoms with Crippen molar-refractivity contribution in [3.8, 4) is 22.3 Å². The highest BCUT2D eigenvalue weighted by Gasteiger charge is 2.23. The normalized spacial score (nSPS) is 12.1. The molecule has 0 N–H and O–H groups in total. The number of rotatable bonds is 5.